The maximum Gasteiger partial charge on any atom is 0.117 e. The second-order valence-electron chi connectivity index (χ2n) is 7.61. The fourth-order valence-corrected chi connectivity index (χ4v) is 3.49. The van der Waals surface area contributed by atoms with Crippen LogP contribution in [0.25, 0.3) is 0 Å². The lowest BCUT2D eigenvalue weighted by Gasteiger charge is -2.41. The van der Waals surface area contributed by atoms with Gasteiger partial charge in [-0.25, -0.2) is 0 Å². The van der Waals surface area contributed by atoms with E-state index in [4.69, 9.17) is 4.42 Å². The summed E-state index contributed by atoms with van der Waals surface area (Å²) < 4.78 is 5.45. The van der Waals surface area contributed by atoms with Crippen molar-refractivity contribution >= 4 is 0 Å². The van der Waals surface area contributed by atoms with Crippen LogP contribution >= 0.6 is 0 Å². The van der Waals surface area contributed by atoms with Crippen molar-refractivity contribution in [1.82, 2.24) is 4.90 Å². The summed E-state index contributed by atoms with van der Waals surface area (Å²) in [5.41, 5.74) is 0.344. The molecule has 0 radical (unpaired) electrons. The van der Waals surface area contributed by atoms with E-state index in [0.29, 0.717) is 17.3 Å². The van der Waals surface area contributed by atoms with Crippen LogP contribution in [0, 0.1) is 17.3 Å². The van der Waals surface area contributed by atoms with Crippen LogP contribution in [0.2, 0.25) is 0 Å². The van der Waals surface area contributed by atoms with Crippen LogP contribution in [0.4, 0.5) is 0 Å². The molecule has 3 unspecified atom stereocenters. The maximum atomic E-state index is 10.4. The number of furan rings is 1. The van der Waals surface area contributed by atoms with Gasteiger partial charge in [0.15, 0.2) is 0 Å². The fraction of sp³-hybridized carbons (Fsp3) is 0.778. The van der Waals surface area contributed by atoms with Crippen molar-refractivity contribution in [2.24, 2.45) is 17.3 Å². The van der Waals surface area contributed by atoms with E-state index < -0.39 is 0 Å². The van der Waals surface area contributed by atoms with E-state index in [1.165, 1.54) is 0 Å². The lowest BCUT2D eigenvalue weighted by Crippen LogP contribution is -2.41. The van der Waals surface area contributed by atoms with Crippen LogP contribution in [-0.4, -0.2) is 29.2 Å². The molecule has 3 heteroatoms. The molecule has 1 aliphatic rings. The van der Waals surface area contributed by atoms with E-state index in [0.717, 1.165) is 44.7 Å². The van der Waals surface area contributed by atoms with Crippen LogP contribution < -0.4 is 0 Å². The molecule has 21 heavy (non-hydrogen) atoms. The van der Waals surface area contributed by atoms with E-state index >= 15 is 0 Å². The molecule has 3 atom stereocenters. The van der Waals surface area contributed by atoms with Gasteiger partial charge in [0.05, 0.1) is 18.9 Å². The maximum absolute atomic E-state index is 10.4. The van der Waals surface area contributed by atoms with Crippen molar-refractivity contribution < 1.29 is 9.52 Å². The Bertz CT molecular complexity index is 407. The van der Waals surface area contributed by atoms with Gasteiger partial charge >= 0.3 is 0 Å². The highest BCUT2D eigenvalue weighted by molar-refractivity contribution is 4.98. The first-order chi connectivity index (χ1) is 9.90. The third-order valence-electron chi connectivity index (χ3n) is 5.07. The van der Waals surface area contributed by atoms with E-state index in [1.807, 2.05) is 12.1 Å². The summed E-state index contributed by atoms with van der Waals surface area (Å²) in [4.78, 5) is 2.39. The molecule has 120 valence electrons. The summed E-state index contributed by atoms with van der Waals surface area (Å²) in [7, 11) is 0. The Morgan fingerprint density at radius 1 is 1.33 bits per heavy atom. The second-order valence-corrected chi connectivity index (χ2v) is 7.61. The number of aliphatic hydroxyl groups excluding tert-OH is 1. The molecule has 0 saturated heterocycles. The van der Waals surface area contributed by atoms with E-state index in [2.05, 4.69) is 32.6 Å². The van der Waals surface area contributed by atoms with Gasteiger partial charge in [0.25, 0.3) is 0 Å². The Labute approximate surface area is 129 Å². The zero-order valence-corrected chi connectivity index (χ0v) is 14.0. The summed E-state index contributed by atoms with van der Waals surface area (Å²) in [6.45, 7) is 12.0. The van der Waals surface area contributed by atoms with Gasteiger partial charge in [0, 0.05) is 6.54 Å². The number of nitrogens with zero attached hydrogens (tertiary/aromatic N) is 1. The highest BCUT2D eigenvalue weighted by Crippen LogP contribution is 2.40. The molecule has 2 rings (SSSR count). The van der Waals surface area contributed by atoms with Gasteiger partial charge in [-0.15, -0.1) is 0 Å². The van der Waals surface area contributed by atoms with Crippen LogP contribution in [0.3, 0.4) is 0 Å². The van der Waals surface area contributed by atoms with Gasteiger partial charge in [0.2, 0.25) is 0 Å². The van der Waals surface area contributed by atoms with Crippen LogP contribution in [0.5, 0.6) is 0 Å². The number of hydrogen-bond donors (Lipinski definition) is 1. The van der Waals surface area contributed by atoms with Gasteiger partial charge in [-0.1, -0.05) is 27.7 Å². The Morgan fingerprint density at radius 3 is 2.67 bits per heavy atom. The predicted octanol–water partition coefficient (Wildman–Crippen LogP) is 3.92. The first-order valence-corrected chi connectivity index (χ1v) is 8.33. The minimum absolute atomic E-state index is 0.144. The quantitative estimate of drug-likeness (QED) is 0.894. The average Bonchev–Trinajstić information content (AvgIpc) is 2.92. The molecule has 0 spiro atoms. The standard InChI is InChI=1S/C18H31NO2/c1-5-19(13-16-7-6-10-21-16)12-14-11-15(18(2,3)4)8-9-17(14)20/h6-7,10,14-15,17,20H,5,8-9,11-13H2,1-4H3. The van der Waals surface area contributed by atoms with E-state index in [9.17, 15) is 5.11 Å². The monoisotopic (exact) mass is 293 g/mol. The highest BCUT2D eigenvalue weighted by Gasteiger charge is 2.35. The predicted molar refractivity (Wildman–Crippen MR) is 86.0 cm³/mol. The van der Waals surface area contributed by atoms with Crippen molar-refractivity contribution in [1.29, 1.82) is 0 Å². The minimum Gasteiger partial charge on any atom is -0.468 e. The molecule has 1 aromatic heterocycles. The van der Waals surface area contributed by atoms with Crippen LogP contribution in [0.1, 0.15) is 52.7 Å². The van der Waals surface area contributed by atoms with Crippen LogP contribution in [-0.2, 0) is 6.54 Å². The summed E-state index contributed by atoms with van der Waals surface area (Å²) in [6.07, 6.45) is 4.83. The third kappa shape index (κ3) is 4.58. The summed E-state index contributed by atoms with van der Waals surface area (Å²) in [6, 6.07) is 3.96. The molecular weight excluding hydrogens is 262 g/mol. The van der Waals surface area contributed by atoms with Crippen molar-refractivity contribution in [2.45, 2.75) is 59.6 Å². The Hall–Kier alpha value is -0.800. The highest BCUT2D eigenvalue weighted by atomic mass is 16.3. The zero-order valence-electron chi connectivity index (χ0n) is 14.0. The molecule has 1 fully saturated rings. The lowest BCUT2D eigenvalue weighted by atomic mass is 9.68. The molecule has 0 aromatic carbocycles. The molecule has 1 heterocycles. The molecule has 0 aliphatic heterocycles. The summed E-state index contributed by atoms with van der Waals surface area (Å²) in [5, 5.41) is 10.4. The largest absolute Gasteiger partial charge is 0.468 e. The van der Waals surface area contributed by atoms with Crippen molar-refractivity contribution in [3.63, 3.8) is 0 Å². The zero-order chi connectivity index (χ0) is 15.5. The van der Waals surface area contributed by atoms with E-state index in [-0.39, 0.29) is 6.10 Å². The van der Waals surface area contributed by atoms with Crippen molar-refractivity contribution in [3.05, 3.63) is 24.2 Å². The molecule has 0 amide bonds. The summed E-state index contributed by atoms with van der Waals surface area (Å²) in [5.74, 6) is 2.11. The van der Waals surface area contributed by atoms with Crippen molar-refractivity contribution in [2.75, 3.05) is 13.1 Å². The second kappa shape index (κ2) is 6.97. The first-order valence-electron chi connectivity index (χ1n) is 8.33. The topological polar surface area (TPSA) is 36.6 Å². The Morgan fingerprint density at radius 2 is 2.10 bits per heavy atom. The number of rotatable bonds is 5. The molecule has 1 saturated carbocycles. The Kier molecular flexibility index (Phi) is 5.50. The lowest BCUT2D eigenvalue weighted by molar-refractivity contribution is 0.00202. The van der Waals surface area contributed by atoms with Crippen molar-refractivity contribution in [3.8, 4) is 0 Å². The normalized spacial score (nSPS) is 27.2. The van der Waals surface area contributed by atoms with E-state index in [1.54, 1.807) is 6.26 Å². The minimum atomic E-state index is -0.144. The van der Waals surface area contributed by atoms with Gasteiger partial charge in [-0.3, -0.25) is 4.90 Å². The average molecular weight is 293 g/mol. The SMILES string of the molecule is CCN(Cc1ccco1)CC1CC(C(C)(C)C)CCC1O. The third-order valence-corrected chi connectivity index (χ3v) is 5.07. The number of hydrogen-bond acceptors (Lipinski definition) is 3. The number of aliphatic hydroxyl groups is 1. The summed E-state index contributed by atoms with van der Waals surface area (Å²) >= 11 is 0. The molecule has 1 aliphatic carbocycles. The molecule has 1 aromatic rings. The Balaban J connectivity index is 1.94. The first kappa shape index (κ1) is 16.6. The molecular formula is C18H31NO2. The molecule has 0 bridgehead atoms. The van der Waals surface area contributed by atoms with Gasteiger partial charge in [0.1, 0.15) is 5.76 Å². The van der Waals surface area contributed by atoms with Gasteiger partial charge in [-0.2, -0.15) is 0 Å². The molecule has 1 N–H and O–H groups in total. The molecule has 3 nitrogen and oxygen atoms in total. The van der Waals surface area contributed by atoms with Crippen LogP contribution in [0.15, 0.2) is 22.8 Å². The fourth-order valence-electron chi connectivity index (χ4n) is 3.49. The van der Waals surface area contributed by atoms with Gasteiger partial charge in [-0.05, 0) is 55.2 Å². The van der Waals surface area contributed by atoms with Gasteiger partial charge < -0.3 is 9.52 Å². The smallest absolute Gasteiger partial charge is 0.117 e.